The third-order valence-electron chi connectivity index (χ3n) is 6.05. The van der Waals surface area contributed by atoms with Gasteiger partial charge in [0.15, 0.2) is 0 Å². The van der Waals surface area contributed by atoms with E-state index in [9.17, 15) is 9.59 Å². The van der Waals surface area contributed by atoms with E-state index in [2.05, 4.69) is 9.88 Å². The van der Waals surface area contributed by atoms with Crippen molar-refractivity contribution >= 4 is 17.8 Å². The third kappa shape index (κ3) is 4.89. The van der Waals surface area contributed by atoms with Gasteiger partial charge in [0.25, 0.3) is 0 Å². The summed E-state index contributed by atoms with van der Waals surface area (Å²) in [6, 6.07) is 7.21. The fourth-order valence-electron chi connectivity index (χ4n) is 4.23. The maximum atomic E-state index is 12.9. The molecule has 0 saturated carbocycles. The van der Waals surface area contributed by atoms with E-state index >= 15 is 0 Å². The monoisotopic (exact) mass is 438 g/mol. The summed E-state index contributed by atoms with van der Waals surface area (Å²) in [6.45, 7) is 4.69. The average Bonchev–Trinajstić information content (AvgIpc) is 3.30. The molecule has 3 heterocycles. The van der Waals surface area contributed by atoms with Crippen molar-refractivity contribution in [2.45, 2.75) is 12.3 Å². The average molecular weight is 439 g/mol. The van der Waals surface area contributed by atoms with Gasteiger partial charge in [0, 0.05) is 63.5 Å². The van der Waals surface area contributed by atoms with Gasteiger partial charge in [-0.25, -0.2) is 9.97 Å². The van der Waals surface area contributed by atoms with Gasteiger partial charge in [0.05, 0.1) is 25.5 Å². The first-order valence-electron chi connectivity index (χ1n) is 10.9. The van der Waals surface area contributed by atoms with Crippen molar-refractivity contribution in [1.29, 1.82) is 0 Å². The zero-order valence-corrected chi connectivity index (χ0v) is 18.7. The molecule has 2 aliphatic heterocycles. The first-order chi connectivity index (χ1) is 15.4. The van der Waals surface area contributed by atoms with Gasteiger partial charge in [-0.3, -0.25) is 14.5 Å². The first kappa shape index (κ1) is 22.2. The van der Waals surface area contributed by atoms with Gasteiger partial charge < -0.3 is 20.3 Å². The molecular formula is C23H30N6O3. The molecule has 1 aromatic carbocycles. The SMILES string of the molecule is CN(C)c1ncc(-c2cccc(C(N)=O)c2)c([C@H]2CCN(C(=O)CN3CCOCC3)C2)n1. The van der Waals surface area contributed by atoms with Crippen molar-refractivity contribution in [2.75, 3.05) is 64.9 Å². The van der Waals surface area contributed by atoms with Crippen LogP contribution in [-0.4, -0.2) is 91.6 Å². The quantitative estimate of drug-likeness (QED) is 0.716. The molecule has 2 fully saturated rings. The van der Waals surface area contributed by atoms with Crippen LogP contribution in [0.1, 0.15) is 28.4 Å². The minimum absolute atomic E-state index is 0.0950. The predicted octanol–water partition coefficient (Wildman–Crippen LogP) is 0.957. The molecule has 0 unspecified atom stereocenters. The summed E-state index contributed by atoms with van der Waals surface area (Å²) in [5, 5.41) is 0. The number of ether oxygens (including phenoxy) is 1. The Kier molecular flexibility index (Phi) is 6.66. The van der Waals surface area contributed by atoms with E-state index in [1.165, 1.54) is 0 Å². The topological polar surface area (TPSA) is 105 Å². The normalized spacial score (nSPS) is 19.2. The Bertz CT molecular complexity index is 989. The van der Waals surface area contributed by atoms with Crippen molar-refractivity contribution in [2.24, 2.45) is 5.73 Å². The van der Waals surface area contributed by atoms with E-state index in [4.69, 9.17) is 15.5 Å². The van der Waals surface area contributed by atoms with Gasteiger partial charge in [-0.2, -0.15) is 0 Å². The highest BCUT2D eigenvalue weighted by atomic mass is 16.5. The summed E-state index contributed by atoms with van der Waals surface area (Å²) in [5.41, 5.74) is 8.53. The molecule has 2 N–H and O–H groups in total. The molecule has 2 aromatic rings. The third-order valence-corrected chi connectivity index (χ3v) is 6.05. The van der Waals surface area contributed by atoms with Crippen LogP contribution < -0.4 is 10.6 Å². The summed E-state index contributed by atoms with van der Waals surface area (Å²) >= 11 is 0. The number of hydrogen-bond acceptors (Lipinski definition) is 7. The lowest BCUT2D eigenvalue weighted by atomic mass is 9.95. The number of morpholine rings is 1. The lowest BCUT2D eigenvalue weighted by Gasteiger charge is -2.28. The highest BCUT2D eigenvalue weighted by Gasteiger charge is 2.31. The molecular weight excluding hydrogens is 408 g/mol. The number of hydrogen-bond donors (Lipinski definition) is 1. The van der Waals surface area contributed by atoms with Crippen LogP contribution in [0.2, 0.25) is 0 Å². The first-order valence-corrected chi connectivity index (χ1v) is 10.9. The molecule has 2 aliphatic rings. The highest BCUT2D eigenvalue weighted by Crippen LogP contribution is 2.34. The zero-order valence-electron chi connectivity index (χ0n) is 18.7. The summed E-state index contributed by atoms with van der Waals surface area (Å²) in [6.07, 6.45) is 2.64. The molecule has 170 valence electrons. The summed E-state index contributed by atoms with van der Waals surface area (Å²) < 4.78 is 5.38. The number of amides is 2. The molecule has 0 aliphatic carbocycles. The number of carbonyl (C=O) groups is 2. The van der Waals surface area contributed by atoms with Crippen LogP contribution in [0.15, 0.2) is 30.5 Å². The molecule has 2 saturated heterocycles. The molecule has 0 bridgehead atoms. The van der Waals surface area contributed by atoms with Crippen LogP contribution in [0.5, 0.6) is 0 Å². The number of nitrogens with zero attached hydrogens (tertiary/aromatic N) is 5. The molecule has 0 spiro atoms. The maximum absolute atomic E-state index is 12.9. The van der Waals surface area contributed by atoms with Crippen LogP contribution in [0.25, 0.3) is 11.1 Å². The van der Waals surface area contributed by atoms with Crippen molar-refractivity contribution in [1.82, 2.24) is 19.8 Å². The standard InChI is InChI=1S/C23H30N6O3/c1-27(2)23-25-13-19(16-4-3-5-17(12-16)22(24)31)21(26-23)18-6-7-29(14-18)20(30)15-28-8-10-32-11-9-28/h3-5,12-13,18H,6-11,14-15H2,1-2H3,(H2,24,31)/t18-/m0/s1. The van der Waals surface area contributed by atoms with Gasteiger partial charge in [0.1, 0.15) is 0 Å². The number of aromatic nitrogens is 2. The molecule has 9 heteroatoms. The molecule has 9 nitrogen and oxygen atoms in total. The van der Waals surface area contributed by atoms with E-state index < -0.39 is 5.91 Å². The van der Waals surface area contributed by atoms with E-state index in [1.54, 1.807) is 18.3 Å². The Morgan fingerprint density at radius 2 is 2.00 bits per heavy atom. The number of carbonyl (C=O) groups excluding carboxylic acids is 2. The van der Waals surface area contributed by atoms with Gasteiger partial charge >= 0.3 is 0 Å². The van der Waals surface area contributed by atoms with Crippen molar-refractivity contribution in [3.05, 3.63) is 41.7 Å². The molecule has 1 aromatic heterocycles. The second-order valence-electron chi connectivity index (χ2n) is 8.52. The lowest BCUT2D eigenvalue weighted by Crippen LogP contribution is -2.44. The van der Waals surface area contributed by atoms with Crippen molar-refractivity contribution in [3.63, 3.8) is 0 Å². The Labute approximate surface area is 188 Å². The summed E-state index contributed by atoms with van der Waals surface area (Å²) in [5.74, 6) is 0.388. The number of benzene rings is 1. The van der Waals surface area contributed by atoms with Gasteiger partial charge in [-0.15, -0.1) is 0 Å². The van der Waals surface area contributed by atoms with Crippen molar-refractivity contribution < 1.29 is 14.3 Å². The second-order valence-corrected chi connectivity index (χ2v) is 8.52. The second kappa shape index (κ2) is 9.62. The van der Waals surface area contributed by atoms with Gasteiger partial charge in [-0.1, -0.05) is 12.1 Å². The molecule has 32 heavy (non-hydrogen) atoms. The smallest absolute Gasteiger partial charge is 0.248 e. The van der Waals surface area contributed by atoms with E-state index in [-0.39, 0.29) is 11.8 Å². The largest absolute Gasteiger partial charge is 0.379 e. The van der Waals surface area contributed by atoms with Crippen LogP contribution >= 0.6 is 0 Å². The van der Waals surface area contributed by atoms with Crippen LogP contribution in [0.3, 0.4) is 0 Å². The summed E-state index contributed by atoms with van der Waals surface area (Å²) in [4.78, 5) is 39.9. The Balaban J connectivity index is 1.58. The number of rotatable bonds is 6. The highest BCUT2D eigenvalue weighted by molar-refractivity contribution is 5.94. The van der Waals surface area contributed by atoms with Crippen molar-refractivity contribution in [3.8, 4) is 11.1 Å². The number of likely N-dealkylation sites (tertiary alicyclic amines) is 1. The molecule has 2 amide bonds. The Morgan fingerprint density at radius 3 is 2.72 bits per heavy atom. The fourth-order valence-corrected chi connectivity index (χ4v) is 4.23. The van der Waals surface area contributed by atoms with Crippen LogP contribution in [0, 0.1) is 0 Å². The maximum Gasteiger partial charge on any atom is 0.248 e. The fraction of sp³-hybridized carbons (Fsp3) is 0.478. The number of nitrogens with two attached hydrogens (primary N) is 1. The van der Waals surface area contributed by atoms with Crippen LogP contribution in [-0.2, 0) is 9.53 Å². The Hall–Kier alpha value is -3.04. The number of primary amides is 1. The number of anilines is 1. The molecule has 0 radical (unpaired) electrons. The Morgan fingerprint density at radius 1 is 1.22 bits per heavy atom. The molecule has 1 atom stereocenters. The van der Waals surface area contributed by atoms with E-state index in [0.29, 0.717) is 44.4 Å². The predicted molar refractivity (Wildman–Crippen MR) is 122 cm³/mol. The summed E-state index contributed by atoms with van der Waals surface area (Å²) in [7, 11) is 3.80. The molecule has 4 rings (SSSR count). The minimum Gasteiger partial charge on any atom is -0.379 e. The lowest BCUT2D eigenvalue weighted by molar-refractivity contribution is -0.132. The zero-order chi connectivity index (χ0) is 22.7. The van der Waals surface area contributed by atoms with Gasteiger partial charge in [0.2, 0.25) is 17.8 Å². The van der Waals surface area contributed by atoms with E-state index in [1.807, 2.05) is 36.0 Å². The van der Waals surface area contributed by atoms with E-state index in [0.717, 1.165) is 36.3 Å². The van der Waals surface area contributed by atoms with Crippen LogP contribution in [0.4, 0.5) is 5.95 Å². The van der Waals surface area contributed by atoms with Gasteiger partial charge in [-0.05, 0) is 24.1 Å². The minimum atomic E-state index is -0.472.